The van der Waals surface area contributed by atoms with Gasteiger partial charge in [0.05, 0.1) is 24.9 Å². The average Bonchev–Trinajstić information content (AvgIpc) is 3.08. The number of rotatable bonds is 16. The van der Waals surface area contributed by atoms with Crippen molar-refractivity contribution < 1.29 is 29.3 Å². The summed E-state index contributed by atoms with van der Waals surface area (Å²) < 4.78 is 13.0. The molecule has 9 heteroatoms. The minimum Gasteiger partial charge on any atom is -0.392 e. The molecule has 4 rings (SSSR count). The Bertz CT molecular complexity index is 1350. The van der Waals surface area contributed by atoms with Crippen molar-refractivity contribution in [3.63, 3.8) is 0 Å². The van der Waals surface area contributed by atoms with Crippen LogP contribution in [0.25, 0.3) is 0 Å². The van der Waals surface area contributed by atoms with Gasteiger partial charge in [-0.3, -0.25) is 14.5 Å². The lowest BCUT2D eigenvalue weighted by molar-refractivity contribution is -0.253. The van der Waals surface area contributed by atoms with Gasteiger partial charge in [0.15, 0.2) is 6.29 Å². The van der Waals surface area contributed by atoms with Crippen LogP contribution in [0.4, 0.5) is 0 Å². The molecule has 3 aromatic carbocycles. The molecule has 0 aliphatic carbocycles. The summed E-state index contributed by atoms with van der Waals surface area (Å²) in [6.07, 6.45) is 2.04. The van der Waals surface area contributed by atoms with Crippen LogP contribution in [0.1, 0.15) is 92.3 Å². The molecule has 2 amide bonds. The quantitative estimate of drug-likeness (QED) is 0.163. The normalized spacial score (nSPS) is 19.4. The highest BCUT2D eigenvalue weighted by atomic mass is 16.7. The molecule has 0 saturated carbocycles. The summed E-state index contributed by atoms with van der Waals surface area (Å²) >= 11 is 0. The number of hydrogen-bond acceptors (Lipinski definition) is 7. The van der Waals surface area contributed by atoms with Crippen molar-refractivity contribution >= 4 is 11.8 Å². The highest BCUT2D eigenvalue weighted by Crippen LogP contribution is 2.38. The second-order valence-corrected chi connectivity index (χ2v) is 12.2. The highest BCUT2D eigenvalue weighted by molar-refractivity contribution is 5.75. The number of amides is 2. The first-order valence-corrected chi connectivity index (χ1v) is 16.3. The molecule has 1 fully saturated rings. The summed E-state index contributed by atoms with van der Waals surface area (Å²) in [6.45, 7) is 5.19. The molecule has 46 heavy (non-hydrogen) atoms. The maximum atomic E-state index is 12.3. The van der Waals surface area contributed by atoms with E-state index in [-0.39, 0.29) is 36.7 Å². The molecule has 3 aromatic rings. The summed E-state index contributed by atoms with van der Waals surface area (Å²) in [7, 11) is 2.00. The van der Waals surface area contributed by atoms with Crippen molar-refractivity contribution in [3.8, 4) is 0 Å². The van der Waals surface area contributed by atoms with Gasteiger partial charge in [0.2, 0.25) is 11.8 Å². The summed E-state index contributed by atoms with van der Waals surface area (Å²) in [6, 6.07) is 25.3. The van der Waals surface area contributed by atoms with Crippen molar-refractivity contribution in [1.29, 1.82) is 0 Å². The lowest BCUT2D eigenvalue weighted by atomic mass is 9.98. The van der Waals surface area contributed by atoms with Gasteiger partial charge in [0, 0.05) is 51.0 Å². The number of likely N-dealkylation sites (N-methyl/N-ethyl adjacent to an activating group) is 1. The van der Waals surface area contributed by atoms with Gasteiger partial charge in [-0.2, -0.15) is 0 Å². The fourth-order valence-corrected chi connectivity index (χ4v) is 5.62. The Kier molecular flexibility index (Phi) is 13.7. The maximum absolute atomic E-state index is 12.3. The Morgan fingerprint density at radius 3 is 2.24 bits per heavy atom. The first kappa shape index (κ1) is 35.3. The van der Waals surface area contributed by atoms with Crippen LogP contribution < -0.4 is 10.6 Å². The Labute approximate surface area is 272 Å². The van der Waals surface area contributed by atoms with Crippen molar-refractivity contribution in [2.45, 2.75) is 89.7 Å². The molecule has 0 bridgehead atoms. The fourth-order valence-electron chi connectivity index (χ4n) is 5.62. The monoisotopic (exact) mass is 631 g/mol. The standard InChI is InChI=1S/C37H49N3O6/c1-26(36(44)31-10-6-4-7-11-31)40(3)24-33-22-34(30-17-15-29(25-41)16-18-30)46-37(45-33)32-19-13-28(14-20-32)23-39-35(43)12-8-5-9-21-38-27(2)42/h4,6-7,10-11,13-20,26,33-34,36-37,41,44H,5,8-9,12,21-25H2,1-3H3,(H,38,42)(H,39,43)/t26-,33-,34+,36-,37+/m0/s1. The smallest absolute Gasteiger partial charge is 0.220 e. The molecule has 0 radical (unpaired) electrons. The van der Waals surface area contributed by atoms with Crippen molar-refractivity contribution in [1.82, 2.24) is 15.5 Å². The Morgan fingerprint density at radius 2 is 1.57 bits per heavy atom. The molecule has 248 valence electrons. The molecule has 4 N–H and O–H groups in total. The Morgan fingerprint density at radius 1 is 0.891 bits per heavy atom. The van der Waals surface area contributed by atoms with E-state index in [1.54, 1.807) is 0 Å². The van der Waals surface area contributed by atoms with E-state index in [4.69, 9.17) is 9.47 Å². The summed E-state index contributed by atoms with van der Waals surface area (Å²) in [5.74, 6) is -0.0211. The van der Waals surface area contributed by atoms with Gasteiger partial charge in [0.25, 0.3) is 0 Å². The first-order valence-electron chi connectivity index (χ1n) is 16.3. The van der Waals surface area contributed by atoms with Gasteiger partial charge in [-0.25, -0.2) is 0 Å². The number of unbranched alkanes of at least 4 members (excludes halogenated alkanes) is 2. The van der Waals surface area contributed by atoms with E-state index in [0.29, 0.717) is 32.5 Å². The van der Waals surface area contributed by atoms with E-state index in [1.165, 1.54) is 6.92 Å². The van der Waals surface area contributed by atoms with E-state index in [9.17, 15) is 19.8 Å². The zero-order valence-electron chi connectivity index (χ0n) is 27.2. The van der Waals surface area contributed by atoms with Crippen LogP contribution in [0.5, 0.6) is 0 Å². The third kappa shape index (κ3) is 10.7. The number of nitrogens with zero attached hydrogens (tertiary/aromatic N) is 1. The van der Waals surface area contributed by atoms with Crippen LogP contribution in [0, 0.1) is 0 Å². The van der Waals surface area contributed by atoms with E-state index in [1.807, 2.05) is 92.8 Å². The van der Waals surface area contributed by atoms with Gasteiger partial charge in [-0.05, 0) is 49.1 Å². The van der Waals surface area contributed by atoms with E-state index >= 15 is 0 Å². The summed E-state index contributed by atoms with van der Waals surface area (Å²) in [5, 5.41) is 26.3. The molecule has 1 aliphatic rings. The molecule has 1 heterocycles. The van der Waals surface area contributed by atoms with E-state index in [2.05, 4.69) is 15.5 Å². The van der Waals surface area contributed by atoms with Gasteiger partial charge < -0.3 is 30.3 Å². The number of benzene rings is 3. The van der Waals surface area contributed by atoms with Gasteiger partial charge in [0.1, 0.15) is 0 Å². The molecule has 1 saturated heterocycles. The molecular formula is C37H49N3O6. The molecule has 1 aliphatic heterocycles. The van der Waals surface area contributed by atoms with Gasteiger partial charge in [-0.15, -0.1) is 0 Å². The number of aliphatic hydroxyl groups excluding tert-OH is 2. The third-order valence-electron chi connectivity index (χ3n) is 8.60. The predicted octanol–water partition coefficient (Wildman–Crippen LogP) is 5.09. The number of carbonyl (C=O) groups excluding carboxylic acids is 2. The third-order valence-corrected chi connectivity index (χ3v) is 8.60. The lowest BCUT2D eigenvalue weighted by Crippen LogP contribution is -2.43. The second-order valence-electron chi connectivity index (χ2n) is 12.2. The fraction of sp³-hybridized carbons (Fsp3) is 0.459. The van der Waals surface area contributed by atoms with Crippen LogP contribution >= 0.6 is 0 Å². The van der Waals surface area contributed by atoms with E-state index < -0.39 is 12.4 Å². The SMILES string of the molecule is CC(=O)NCCCCCC(=O)NCc1ccc([C@@H]2O[C@H](CN(C)[C@@H](C)[C@H](O)c3ccccc3)C[C@H](c3ccc(CO)cc3)O2)cc1. The van der Waals surface area contributed by atoms with Gasteiger partial charge in [-0.1, -0.05) is 85.3 Å². The zero-order valence-corrected chi connectivity index (χ0v) is 27.2. The van der Waals surface area contributed by atoms with Gasteiger partial charge >= 0.3 is 0 Å². The summed E-state index contributed by atoms with van der Waals surface area (Å²) in [4.78, 5) is 25.4. The first-order chi connectivity index (χ1) is 22.2. The molecular weight excluding hydrogens is 582 g/mol. The maximum Gasteiger partial charge on any atom is 0.220 e. The number of ether oxygens (including phenoxy) is 2. The predicted molar refractivity (Wildman–Crippen MR) is 177 cm³/mol. The van der Waals surface area contributed by atoms with Crippen LogP contribution in [0.3, 0.4) is 0 Å². The minimum atomic E-state index is -0.633. The molecule has 0 spiro atoms. The van der Waals surface area contributed by atoms with Crippen molar-refractivity contribution in [2.75, 3.05) is 20.1 Å². The number of nitrogens with one attached hydrogen (secondary N) is 2. The largest absolute Gasteiger partial charge is 0.392 e. The number of aliphatic hydroxyl groups is 2. The van der Waals surface area contributed by atoms with Crippen LogP contribution in [0.2, 0.25) is 0 Å². The van der Waals surface area contributed by atoms with Crippen LogP contribution in [-0.4, -0.2) is 59.2 Å². The lowest BCUT2D eigenvalue weighted by Gasteiger charge is -2.39. The minimum absolute atomic E-state index is 0.0104. The number of carbonyl (C=O) groups is 2. The number of hydrogen-bond donors (Lipinski definition) is 4. The van der Waals surface area contributed by atoms with Crippen LogP contribution in [-0.2, 0) is 32.2 Å². The van der Waals surface area contributed by atoms with E-state index in [0.717, 1.165) is 47.1 Å². The molecule has 0 unspecified atom stereocenters. The Hall–Kier alpha value is -3.60. The summed E-state index contributed by atoms with van der Waals surface area (Å²) in [5.41, 5.74) is 4.61. The molecule has 0 aromatic heterocycles. The molecule has 5 atom stereocenters. The zero-order chi connectivity index (χ0) is 32.9. The second kappa shape index (κ2) is 17.9. The average molecular weight is 632 g/mol. The van der Waals surface area contributed by atoms with Crippen molar-refractivity contribution in [2.24, 2.45) is 0 Å². The highest BCUT2D eigenvalue weighted by Gasteiger charge is 2.34. The Balaban J connectivity index is 1.36. The topological polar surface area (TPSA) is 120 Å². The van der Waals surface area contributed by atoms with Crippen molar-refractivity contribution in [3.05, 3.63) is 107 Å². The van der Waals surface area contributed by atoms with Crippen LogP contribution in [0.15, 0.2) is 78.9 Å². The molecule has 9 nitrogen and oxygen atoms in total.